The van der Waals surface area contributed by atoms with Crippen LogP contribution in [0.5, 0.6) is 10.9 Å². The zero-order valence-corrected chi connectivity index (χ0v) is 15.6. The first-order chi connectivity index (χ1) is 13.4. The maximum absolute atomic E-state index is 5.79. The van der Waals surface area contributed by atoms with Crippen LogP contribution in [-0.4, -0.2) is 33.0 Å². The molecule has 0 aliphatic rings. The number of hydrogen-bond donors (Lipinski definition) is 0. The molecule has 0 saturated heterocycles. The van der Waals surface area contributed by atoms with Crippen molar-refractivity contribution in [3.05, 3.63) is 61.2 Å². The fourth-order valence-corrected chi connectivity index (χ4v) is 3.52. The lowest BCUT2D eigenvalue weighted by Gasteiger charge is -2.07. The summed E-state index contributed by atoms with van der Waals surface area (Å²) in [4.78, 5) is 8.42. The van der Waals surface area contributed by atoms with Crippen molar-refractivity contribution in [1.82, 2.24) is 19.7 Å². The van der Waals surface area contributed by atoms with Crippen LogP contribution in [0.3, 0.4) is 0 Å². The topological polar surface area (TPSA) is 62.1 Å². The number of aromatic nitrogens is 4. The highest BCUT2D eigenvalue weighted by Crippen LogP contribution is 2.27. The summed E-state index contributed by atoms with van der Waals surface area (Å²) in [5.74, 6) is 0.865. The van der Waals surface area contributed by atoms with Gasteiger partial charge in [0.25, 0.3) is 5.19 Å². The molecule has 27 heavy (non-hydrogen) atoms. The van der Waals surface area contributed by atoms with E-state index < -0.39 is 0 Å². The Hall–Kier alpha value is -2.93. The molecular weight excluding hydrogens is 360 g/mol. The average molecular weight is 380 g/mol. The van der Waals surface area contributed by atoms with Crippen LogP contribution < -0.4 is 9.47 Å². The Morgan fingerprint density at radius 1 is 0.889 bits per heavy atom. The molecule has 0 spiro atoms. The van der Waals surface area contributed by atoms with Gasteiger partial charge in [-0.3, -0.25) is 0 Å². The molecule has 0 fully saturated rings. The summed E-state index contributed by atoms with van der Waals surface area (Å²) in [6, 6.07) is 15.9. The van der Waals surface area contributed by atoms with Gasteiger partial charge in [0, 0.05) is 0 Å². The SMILES string of the molecule is c1ccc2sc(OCCCCCOc3ccc(-n4cncn4)cc3)nc2c1. The van der Waals surface area contributed by atoms with Gasteiger partial charge in [0.2, 0.25) is 0 Å². The molecule has 7 heteroatoms. The van der Waals surface area contributed by atoms with E-state index in [1.807, 2.05) is 42.5 Å². The number of fused-ring (bicyclic) bond motifs is 1. The third-order valence-corrected chi connectivity index (χ3v) is 5.03. The van der Waals surface area contributed by atoms with Crippen LogP contribution in [-0.2, 0) is 0 Å². The zero-order valence-electron chi connectivity index (χ0n) is 14.8. The highest BCUT2D eigenvalue weighted by Gasteiger charge is 2.03. The molecule has 0 aliphatic heterocycles. The summed E-state index contributed by atoms with van der Waals surface area (Å²) in [6.45, 7) is 1.39. The number of para-hydroxylation sites is 1. The standard InChI is InChI=1S/C20H20N4O2S/c1(5-13-26-20-23-18-6-2-3-7-19(18)27-20)4-12-25-17-10-8-16(9-11-17)24-15-21-14-22-24/h2-3,6-11,14-15H,1,4-5,12-13H2. The van der Waals surface area contributed by atoms with E-state index in [1.54, 1.807) is 22.3 Å². The Kier molecular flexibility index (Phi) is 5.59. The second kappa shape index (κ2) is 8.64. The van der Waals surface area contributed by atoms with Crippen LogP contribution >= 0.6 is 11.3 Å². The van der Waals surface area contributed by atoms with Crippen LogP contribution in [0, 0.1) is 0 Å². The van der Waals surface area contributed by atoms with Gasteiger partial charge in [0.05, 0.1) is 29.1 Å². The van der Waals surface area contributed by atoms with Crippen molar-refractivity contribution in [2.24, 2.45) is 0 Å². The van der Waals surface area contributed by atoms with Gasteiger partial charge >= 0.3 is 0 Å². The predicted molar refractivity (Wildman–Crippen MR) is 106 cm³/mol. The third kappa shape index (κ3) is 4.62. The second-order valence-electron chi connectivity index (χ2n) is 6.04. The van der Waals surface area contributed by atoms with Crippen molar-refractivity contribution >= 4 is 21.6 Å². The minimum absolute atomic E-state index is 0.687. The molecule has 6 nitrogen and oxygen atoms in total. The summed E-state index contributed by atoms with van der Waals surface area (Å²) in [5, 5.41) is 4.85. The number of thiazole rings is 1. The van der Waals surface area contributed by atoms with Crippen LogP contribution in [0.15, 0.2) is 61.2 Å². The van der Waals surface area contributed by atoms with Gasteiger partial charge in [-0.1, -0.05) is 23.5 Å². The summed E-state index contributed by atoms with van der Waals surface area (Å²) in [7, 11) is 0. The largest absolute Gasteiger partial charge is 0.494 e. The number of hydrogen-bond acceptors (Lipinski definition) is 6. The van der Waals surface area contributed by atoms with Gasteiger partial charge in [-0.25, -0.2) is 14.6 Å². The van der Waals surface area contributed by atoms with Gasteiger partial charge in [-0.15, -0.1) is 0 Å². The number of ether oxygens (including phenoxy) is 2. The number of benzene rings is 2. The van der Waals surface area contributed by atoms with Crippen LogP contribution in [0.2, 0.25) is 0 Å². The summed E-state index contributed by atoms with van der Waals surface area (Å²) < 4.78 is 14.4. The van der Waals surface area contributed by atoms with E-state index in [4.69, 9.17) is 9.47 Å². The van der Waals surface area contributed by atoms with Crippen molar-refractivity contribution in [2.75, 3.05) is 13.2 Å². The smallest absolute Gasteiger partial charge is 0.274 e. The first kappa shape index (κ1) is 17.5. The fourth-order valence-electron chi connectivity index (χ4n) is 2.68. The molecule has 2 aromatic carbocycles. The Balaban J connectivity index is 1.12. The van der Waals surface area contributed by atoms with Gasteiger partial charge in [-0.2, -0.15) is 5.10 Å². The van der Waals surface area contributed by atoms with Gasteiger partial charge in [0.15, 0.2) is 0 Å². The van der Waals surface area contributed by atoms with Crippen LogP contribution in [0.1, 0.15) is 19.3 Å². The van der Waals surface area contributed by atoms with Crippen molar-refractivity contribution < 1.29 is 9.47 Å². The second-order valence-corrected chi connectivity index (χ2v) is 7.03. The summed E-state index contributed by atoms with van der Waals surface area (Å²) >= 11 is 1.59. The lowest BCUT2D eigenvalue weighted by atomic mass is 10.2. The molecule has 0 aliphatic carbocycles. The molecular formula is C20H20N4O2S. The van der Waals surface area contributed by atoms with E-state index in [0.29, 0.717) is 13.2 Å². The molecule has 0 bridgehead atoms. The predicted octanol–water partition coefficient (Wildman–Crippen LogP) is 4.51. The highest BCUT2D eigenvalue weighted by atomic mass is 32.1. The zero-order chi connectivity index (χ0) is 18.3. The molecule has 2 aromatic heterocycles. The minimum atomic E-state index is 0.687. The summed E-state index contributed by atoms with van der Waals surface area (Å²) in [5.41, 5.74) is 1.97. The van der Waals surface area contributed by atoms with E-state index >= 15 is 0 Å². The molecule has 4 aromatic rings. The molecule has 138 valence electrons. The van der Waals surface area contributed by atoms with Crippen molar-refractivity contribution in [2.45, 2.75) is 19.3 Å². The van der Waals surface area contributed by atoms with Crippen molar-refractivity contribution in [3.63, 3.8) is 0 Å². The Morgan fingerprint density at radius 3 is 2.48 bits per heavy atom. The number of unbranched alkanes of at least 4 members (excludes halogenated alkanes) is 2. The maximum Gasteiger partial charge on any atom is 0.274 e. The fraction of sp³-hybridized carbons (Fsp3) is 0.250. The van der Waals surface area contributed by atoms with Crippen LogP contribution in [0.4, 0.5) is 0 Å². The normalized spacial score (nSPS) is 11.0. The maximum atomic E-state index is 5.79. The molecule has 0 unspecified atom stereocenters. The van der Waals surface area contributed by atoms with Crippen LogP contribution in [0.25, 0.3) is 15.9 Å². The monoisotopic (exact) mass is 380 g/mol. The van der Waals surface area contributed by atoms with E-state index in [0.717, 1.165) is 46.1 Å². The highest BCUT2D eigenvalue weighted by molar-refractivity contribution is 7.20. The van der Waals surface area contributed by atoms with Gasteiger partial charge in [-0.05, 0) is 55.7 Å². The van der Waals surface area contributed by atoms with E-state index in [2.05, 4.69) is 21.1 Å². The van der Waals surface area contributed by atoms with Crippen molar-refractivity contribution in [1.29, 1.82) is 0 Å². The van der Waals surface area contributed by atoms with Gasteiger partial charge < -0.3 is 9.47 Å². The lowest BCUT2D eigenvalue weighted by molar-refractivity contribution is 0.279. The molecule has 2 heterocycles. The molecule has 0 saturated carbocycles. The third-order valence-electron chi connectivity index (χ3n) is 4.08. The lowest BCUT2D eigenvalue weighted by Crippen LogP contribution is -2.01. The van der Waals surface area contributed by atoms with Gasteiger partial charge in [0.1, 0.15) is 18.4 Å². The van der Waals surface area contributed by atoms with Crippen molar-refractivity contribution in [3.8, 4) is 16.6 Å². The molecule has 0 N–H and O–H groups in total. The first-order valence-corrected chi connectivity index (χ1v) is 9.76. The number of nitrogens with zero attached hydrogens (tertiary/aromatic N) is 4. The Bertz CT molecular complexity index is 934. The average Bonchev–Trinajstić information content (AvgIpc) is 3.37. The molecule has 0 amide bonds. The van der Waals surface area contributed by atoms with E-state index in [-0.39, 0.29) is 0 Å². The minimum Gasteiger partial charge on any atom is -0.494 e. The molecule has 0 atom stereocenters. The quantitative estimate of drug-likeness (QED) is 0.400. The molecule has 4 rings (SSSR count). The Labute approximate surface area is 161 Å². The van der Waals surface area contributed by atoms with E-state index in [9.17, 15) is 0 Å². The molecule has 0 radical (unpaired) electrons. The Morgan fingerprint density at radius 2 is 1.70 bits per heavy atom. The van der Waals surface area contributed by atoms with E-state index in [1.165, 1.54) is 6.33 Å². The summed E-state index contributed by atoms with van der Waals surface area (Å²) in [6.07, 6.45) is 6.23. The number of rotatable bonds is 9. The first-order valence-electron chi connectivity index (χ1n) is 8.95.